The van der Waals surface area contributed by atoms with Gasteiger partial charge in [-0.25, -0.2) is 4.98 Å². The van der Waals surface area contributed by atoms with Crippen molar-refractivity contribution in [2.75, 3.05) is 0 Å². The maximum Gasteiger partial charge on any atom is 0.208 e. The molecule has 1 aromatic carbocycles. The van der Waals surface area contributed by atoms with E-state index in [9.17, 15) is 0 Å². The molecule has 2 aromatic heterocycles. The molecule has 0 bridgehead atoms. The van der Waals surface area contributed by atoms with Gasteiger partial charge in [-0.05, 0) is 31.5 Å². The predicted molar refractivity (Wildman–Crippen MR) is 79.8 cm³/mol. The van der Waals surface area contributed by atoms with E-state index < -0.39 is 0 Å². The summed E-state index contributed by atoms with van der Waals surface area (Å²) in [6.07, 6.45) is 1.69. The van der Waals surface area contributed by atoms with E-state index in [1.54, 1.807) is 6.26 Å². The second-order valence-corrected chi connectivity index (χ2v) is 4.99. The minimum absolute atomic E-state index is 0.0197. The Morgan fingerprint density at radius 2 is 1.90 bits per heavy atom. The molecule has 4 nitrogen and oxygen atoms in total. The van der Waals surface area contributed by atoms with Crippen LogP contribution in [0.4, 0.5) is 0 Å². The van der Waals surface area contributed by atoms with E-state index in [1.807, 2.05) is 44.2 Å². The van der Waals surface area contributed by atoms with Gasteiger partial charge in [-0.15, -0.1) is 0 Å². The number of hydrogen-bond donors (Lipinski definition) is 1. The molecule has 0 radical (unpaired) electrons. The maximum atomic E-state index is 5.61. The summed E-state index contributed by atoms with van der Waals surface area (Å²) in [5.74, 6) is 2.43. The summed E-state index contributed by atoms with van der Waals surface area (Å²) < 4.78 is 11.2. The first-order valence-electron chi connectivity index (χ1n) is 6.98. The molecule has 0 aliphatic carbocycles. The number of aromatic nitrogens is 1. The normalized spacial score (nSPS) is 12.5. The maximum absolute atomic E-state index is 5.61. The summed E-state index contributed by atoms with van der Waals surface area (Å²) >= 11 is 0. The van der Waals surface area contributed by atoms with Crippen LogP contribution in [0.25, 0.3) is 0 Å². The number of nitrogens with one attached hydrogen (secondary N) is 1. The zero-order valence-corrected chi connectivity index (χ0v) is 12.2. The monoisotopic (exact) mass is 282 g/mol. The Hall–Kier alpha value is -2.33. The van der Waals surface area contributed by atoms with Gasteiger partial charge >= 0.3 is 0 Å². The van der Waals surface area contributed by atoms with Gasteiger partial charge in [0.1, 0.15) is 11.5 Å². The average molecular weight is 282 g/mol. The lowest BCUT2D eigenvalue weighted by Gasteiger charge is -2.16. The van der Waals surface area contributed by atoms with Gasteiger partial charge in [0.2, 0.25) is 5.89 Å². The van der Waals surface area contributed by atoms with Crippen molar-refractivity contribution in [1.82, 2.24) is 10.3 Å². The molecule has 0 saturated carbocycles. The molecule has 0 saturated heterocycles. The fourth-order valence-corrected chi connectivity index (χ4v) is 2.29. The van der Waals surface area contributed by atoms with Gasteiger partial charge in [0, 0.05) is 0 Å². The van der Waals surface area contributed by atoms with Crippen LogP contribution in [0, 0.1) is 13.8 Å². The molecule has 108 valence electrons. The highest BCUT2D eigenvalue weighted by Crippen LogP contribution is 2.23. The lowest BCUT2D eigenvalue weighted by Crippen LogP contribution is -2.21. The summed E-state index contributed by atoms with van der Waals surface area (Å²) in [4.78, 5) is 4.40. The number of oxazole rings is 1. The number of rotatable bonds is 5. The minimum atomic E-state index is -0.0197. The SMILES string of the molecule is Cc1nc(CNC(c2ccccc2)c2ccco2)oc1C. The average Bonchev–Trinajstić information content (AvgIpc) is 3.12. The number of benzene rings is 1. The van der Waals surface area contributed by atoms with Crippen LogP contribution in [0.5, 0.6) is 0 Å². The van der Waals surface area contributed by atoms with Gasteiger partial charge in [0.15, 0.2) is 0 Å². The van der Waals surface area contributed by atoms with Crippen molar-refractivity contribution in [3.05, 3.63) is 77.4 Å². The molecular weight excluding hydrogens is 264 g/mol. The van der Waals surface area contributed by atoms with Crippen molar-refractivity contribution in [1.29, 1.82) is 0 Å². The van der Waals surface area contributed by atoms with Crippen molar-refractivity contribution in [3.63, 3.8) is 0 Å². The van der Waals surface area contributed by atoms with E-state index in [2.05, 4.69) is 22.4 Å². The van der Waals surface area contributed by atoms with Gasteiger partial charge in [-0.1, -0.05) is 30.3 Å². The Kier molecular flexibility index (Phi) is 3.88. The Morgan fingerprint density at radius 1 is 1.10 bits per heavy atom. The lowest BCUT2D eigenvalue weighted by molar-refractivity contribution is 0.406. The molecule has 0 aliphatic rings. The number of nitrogens with zero attached hydrogens (tertiary/aromatic N) is 1. The highest BCUT2D eigenvalue weighted by molar-refractivity contribution is 5.26. The highest BCUT2D eigenvalue weighted by atomic mass is 16.4. The summed E-state index contributed by atoms with van der Waals surface area (Å²) in [5, 5.41) is 3.45. The van der Waals surface area contributed by atoms with Crippen LogP contribution in [0.3, 0.4) is 0 Å². The molecule has 3 rings (SSSR count). The Balaban J connectivity index is 1.80. The summed E-state index contributed by atoms with van der Waals surface area (Å²) in [6.45, 7) is 4.42. The molecule has 4 heteroatoms. The smallest absolute Gasteiger partial charge is 0.208 e. The molecule has 0 amide bonds. The third-order valence-electron chi connectivity index (χ3n) is 3.49. The molecule has 0 fully saturated rings. The summed E-state index contributed by atoms with van der Waals surface area (Å²) in [6, 6.07) is 14.0. The molecule has 3 aromatic rings. The van der Waals surface area contributed by atoms with Gasteiger partial charge in [-0.2, -0.15) is 0 Å². The second-order valence-electron chi connectivity index (χ2n) is 4.99. The fourth-order valence-electron chi connectivity index (χ4n) is 2.29. The van der Waals surface area contributed by atoms with Crippen molar-refractivity contribution in [2.45, 2.75) is 26.4 Å². The summed E-state index contributed by atoms with van der Waals surface area (Å²) in [5.41, 5.74) is 2.08. The van der Waals surface area contributed by atoms with E-state index in [4.69, 9.17) is 8.83 Å². The number of hydrogen-bond acceptors (Lipinski definition) is 4. The topological polar surface area (TPSA) is 51.2 Å². The van der Waals surface area contributed by atoms with E-state index in [0.717, 1.165) is 22.8 Å². The third kappa shape index (κ3) is 3.06. The van der Waals surface area contributed by atoms with Crippen LogP contribution in [-0.4, -0.2) is 4.98 Å². The van der Waals surface area contributed by atoms with Crippen molar-refractivity contribution >= 4 is 0 Å². The van der Waals surface area contributed by atoms with Crippen molar-refractivity contribution in [2.24, 2.45) is 0 Å². The van der Waals surface area contributed by atoms with Crippen molar-refractivity contribution in [3.8, 4) is 0 Å². The molecule has 1 unspecified atom stereocenters. The number of aryl methyl sites for hydroxylation is 2. The van der Waals surface area contributed by atoms with E-state index >= 15 is 0 Å². The molecule has 0 aliphatic heterocycles. The largest absolute Gasteiger partial charge is 0.467 e. The summed E-state index contributed by atoms with van der Waals surface area (Å²) in [7, 11) is 0. The number of furan rings is 1. The van der Waals surface area contributed by atoms with Crippen LogP contribution in [0.15, 0.2) is 57.6 Å². The van der Waals surface area contributed by atoms with Crippen LogP contribution in [0.1, 0.15) is 34.7 Å². The third-order valence-corrected chi connectivity index (χ3v) is 3.49. The first-order chi connectivity index (χ1) is 10.2. The molecule has 1 N–H and O–H groups in total. The zero-order chi connectivity index (χ0) is 14.7. The first-order valence-corrected chi connectivity index (χ1v) is 6.98. The quantitative estimate of drug-likeness (QED) is 0.774. The van der Waals surface area contributed by atoms with Crippen LogP contribution < -0.4 is 5.32 Å². The Morgan fingerprint density at radius 3 is 2.52 bits per heavy atom. The Bertz CT molecular complexity index is 667. The van der Waals surface area contributed by atoms with Crippen LogP contribution >= 0.6 is 0 Å². The highest BCUT2D eigenvalue weighted by Gasteiger charge is 2.17. The zero-order valence-electron chi connectivity index (χ0n) is 12.2. The fraction of sp³-hybridized carbons (Fsp3) is 0.235. The second kappa shape index (κ2) is 5.97. The van der Waals surface area contributed by atoms with Crippen LogP contribution in [0.2, 0.25) is 0 Å². The first kappa shape index (κ1) is 13.6. The standard InChI is InChI=1S/C17H18N2O2/c1-12-13(2)21-16(19-12)11-18-17(15-9-6-10-20-15)14-7-4-3-5-8-14/h3-10,17-18H,11H2,1-2H3. The minimum Gasteiger partial charge on any atom is -0.467 e. The van der Waals surface area contributed by atoms with Gasteiger partial charge in [0.25, 0.3) is 0 Å². The predicted octanol–water partition coefficient (Wildman–Crippen LogP) is 3.76. The van der Waals surface area contributed by atoms with E-state index in [0.29, 0.717) is 12.4 Å². The molecule has 21 heavy (non-hydrogen) atoms. The van der Waals surface area contributed by atoms with E-state index in [1.165, 1.54) is 0 Å². The van der Waals surface area contributed by atoms with E-state index in [-0.39, 0.29) is 6.04 Å². The lowest BCUT2D eigenvalue weighted by atomic mass is 10.0. The molecule has 0 spiro atoms. The van der Waals surface area contributed by atoms with Gasteiger partial charge in [0.05, 0.1) is 24.5 Å². The van der Waals surface area contributed by atoms with Crippen molar-refractivity contribution < 1.29 is 8.83 Å². The molecule has 2 heterocycles. The van der Waals surface area contributed by atoms with Crippen LogP contribution in [-0.2, 0) is 6.54 Å². The molecule has 1 atom stereocenters. The van der Waals surface area contributed by atoms with Gasteiger partial charge in [-0.3, -0.25) is 5.32 Å². The van der Waals surface area contributed by atoms with Gasteiger partial charge < -0.3 is 8.83 Å². The Labute approximate surface area is 123 Å². The molecular formula is C17H18N2O2.